The Balaban J connectivity index is 2.87. The van der Waals surface area contributed by atoms with E-state index < -0.39 is 0 Å². The van der Waals surface area contributed by atoms with Crippen LogP contribution in [0.4, 0.5) is 0 Å². The number of hydrogen-bond acceptors (Lipinski definition) is 1. The van der Waals surface area contributed by atoms with Crippen LogP contribution in [0.3, 0.4) is 0 Å². The summed E-state index contributed by atoms with van der Waals surface area (Å²) in [5, 5.41) is 1.01. The maximum Gasteiger partial charge on any atom is 0.146 e. The van der Waals surface area contributed by atoms with E-state index >= 15 is 0 Å². The Morgan fingerprint density at radius 2 is 1.55 bits per heavy atom. The zero-order valence-electron chi connectivity index (χ0n) is 11.8. The average Bonchev–Trinajstić information content (AvgIpc) is 2.37. The van der Waals surface area contributed by atoms with Gasteiger partial charge in [-0.15, -0.1) is 0 Å². The van der Waals surface area contributed by atoms with Crippen LogP contribution >= 0.6 is 83.7 Å². The zero-order valence-corrected chi connectivity index (χ0v) is 19.9. The lowest BCUT2D eigenvalue weighted by atomic mass is 9.82. The molecule has 0 N–H and O–H groups in total. The second-order valence-electron chi connectivity index (χ2n) is 5.12. The van der Waals surface area contributed by atoms with Crippen molar-refractivity contribution in [3.8, 4) is 5.75 Å². The van der Waals surface area contributed by atoms with Crippen molar-refractivity contribution in [1.82, 2.24) is 0 Å². The first-order chi connectivity index (χ1) is 9.48. The van der Waals surface area contributed by atoms with Gasteiger partial charge in [0.25, 0.3) is 0 Å². The van der Waals surface area contributed by atoms with Gasteiger partial charge < -0.3 is 4.74 Å². The Kier molecular flexibility index (Phi) is 9.62. The van der Waals surface area contributed by atoms with Crippen molar-refractivity contribution in [2.24, 2.45) is 5.41 Å². The molecule has 0 radical (unpaired) electrons. The Morgan fingerprint density at radius 1 is 1.05 bits per heavy atom. The Morgan fingerprint density at radius 3 is 1.95 bits per heavy atom. The van der Waals surface area contributed by atoms with Crippen molar-refractivity contribution >= 4 is 83.7 Å². The van der Waals surface area contributed by atoms with Gasteiger partial charge in [-0.3, -0.25) is 0 Å². The van der Waals surface area contributed by atoms with Crippen molar-refractivity contribution in [3.63, 3.8) is 0 Å². The molecule has 20 heavy (non-hydrogen) atoms. The van der Waals surface area contributed by atoms with Crippen molar-refractivity contribution < 1.29 is 4.74 Å². The van der Waals surface area contributed by atoms with Gasteiger partial charge in [0, 0.05) is 14.3 Å². The minimum Gasteiger partial charge on any atom is -0.491 e. The molecule has 0 unspecified atom stereocenters. The fourth-order valence-corrected chi connectivity index (χ4v) is 7.01. The lowest BCUT2D eigenvalue weighted by molar-refractivity contribution is 0.143. The fraction of sp³-hybridized carbons (Fsp3) is 0.600. The standard InChI is InChI=1S/C15H20BrI3O/c1-3-5-15(9-16,6-4-2)10-20-14-12(18)7-11(17)8-13(14)19/h7-8H,3-6,9-10H2,1-2H3. The summed E-state index contributed by atoms with van der Waals surface area (Å²) in [4.78, 5) is 0. The van der Waals surface area contributed by atoms with E-state index in [1.807, 2.05) is 0 Å². The van der Waals surface area contributed by atoms with Gasteiger partial charge in [-0.25, -0.2) is 0 Å². The molecule has 0 aliphatic heterocycles. The Hall–Kier alpha value is 1.69. The predicted molar refractivity (Wildman–Crippen MR) is 116 cm³/mol. The number of hydrogen-bond donors (Lipinski definition) is 0. The van der Waals surface area contributed by atoms with Gasteiger partial charge in [-0.1, -0.05) is 42.6 Å². The van der Waals surface area contributed by atoms with Gasteiger partial charge in [0.15, 0.2) is 0 Å². The third kappa shape index (κ3) is 5.72. The van der Waals surface area contributed by atoms with Crippen LogP contribution in [0.15, 0.2) is 12.1 Å². The lowest BCUT2D eigenvalue weighted by Crippen LogP contribution is -2.30. The molecule has 0 atom stereocenters. The average molecular weight is 677 g/mol. The first-order valence-corrected chi connectivity index (χ1v) is 11.2. The van der Waals surface area contributed by atoms with Crippen LogP contribution in [0.25, 0.3) is 0 Å². The molecule has 1 nitrogen and oxygen atoms in total. The van der Waals surface area contributed by atoms with Crippen LogP contribution in [-0.2, 0) is 0 Å². The van der Waals surface area contributed by atoms with Crippen LogP contribution in [0.5, 0.6) is 5.75 Å². The second kappa shape index (κ2) is 9.75. The second-order valence-corrected chi connectivity index (χ2v) is 9.25. The van der Waals surface area contributed by atoms with Crippen LogP contribution in [0.1, 0.15) is 39.5 Å². The van der Waals surface area contributed by atoms with Crippen molar-refractivity contribution in [2.75, 3.05) is 11.9 Å². The third-order valence-electron chi connectivity index (χ3n) is 3.33. The van der Waals surface area contributed by atoms with E-state index in [1.54, 1.807) is 0 Å². The Labute approximate surface area is 171 Å². The molecule has 5 heteroatoms. The van der Waals surface area contributed by atoms with Crippen LogP contribution in [0.2, 0.25) is 0 Å². The topological polar surface area (TPSA) is 9.23 Å². The normalized spacial score (nSPS) is 11.7. The van der Waals surface area contributed by atoms with Crippen molar-refractivity contribution in [3.05, 3.63) is 22.8 Å². The molecule has 0 saturated heterocycles. The van der Waals surface area contributed by atoms with Gasteiger partial charge in [0.05, 0.1) is 13.7 Å². The number of alkyl halides is 1. The van der Waals surface area contributed by atoms with E-state index in [1.165, 1.54) is 36.4 Å². The molecule has 0 bridgehead atoms. The summed E-state index contributed by atoms with van der Waals surface area (Å²) in [6.07, 6.45) is 4.83. The van der Waals surface area contributed by atoms with Crippen LogP contribution in [-0.4, -0.2) is 11.9 Å². The number of rotatable bonds is 8. The van der Waals surface area contributed by atoms with Crippen LogP contribution < -0.4 is 4.74 Å². The molecule has 0 fully saturated rings. The lowest BCUT2D eigenvalue weighted by Gasteiger charge is -2.31. The highest BCUT2D eigenvalue weighted by Gasteiger charge is 2.28. The number of halogens is 4. The quantitative estimate of drug-likeness (QED) is 0.216. The third-order valence-corrected chi connectivity index (χ3v) is 6.74. The molecular formula is C15H20BrI3O. The minimum atomic E-state index is 0.263. The zero-order chi connectivity index (χ0) is 15.2. The van der Waals surface area contributed by atoms with E-state index in [4.69, 9.17) is 4.74 Å². The van der Waals surface area contributed by atoms with E-state index in [2.05, 4.69) is 110 Å². The number of benzene rings is 1. The Bertz CT molecular complexity index is 408. The molecule has 0 spiro atoms. The first kappa shape index (κ1) is 19.7. The maximum absolute atomic E-state index is 6.24. The summed E-state index contributed by atoms with van der Waals surface area (Å²) in [7, 11) is 0. The highest BCUT2D eigenvalue weighted by atomic mass is 127. The molecular weight excluding hydrogens is 657 g/mol. The SMILES string of the molecule is CCCC(CBr)(CCC)COc1c(I)cc(I)cc1I. The molecule has 0 aliphatic rings. The van der Waals surface area contributed by atoms with Gasteiger partial charge in [-0.05, 0) is 92.7 Å². The molecule has 0 saturated carbocycles. The highest BCUT2D eigenvalue weighted by Crippen LogP contribution is 2.35. The predicted octanol–water partition coefficient (Wildman–Crippen LogP) is 6.86. The first-order valence-electron chi connectivity index (χ1n) is 6.81. The van der Waals surface area contributed by atoms with E-state index in [-0.39, 0.29) is 5.41 Å². The van der Waals surface area contributed by atoms with Crippen molar-refractivity contribution in [1.29, 1.82) is 0 Å². The minimum absolute atomic E-state index is 0.263. The van der Waals surface area contributed by atoms with Gasteiger partial charge in [0.2, 0.25) is 0 Å². The van der Waals surface area contributed by atoms with Crippen molar-refractivity contribution in [2.45, 2.75) is 39.5 Å². The molecule has 0 aliphatic carbocycles. The van der Waals surface area contributed by atoms with Gasteiger partial charge in [0.1, 0.15) is 5.75 Å². The summed E-state index contributed by atoms with van der Waals surface area (Å²) in [6.45, 7) is 5.31. The molecule has 0 aromatic heterocycles. The summed E-state index contributed by atoms with van der Waals surface area (Å²) < 4.78 is 9.91. The summed E-state index contributed by atoms with van der Waals surface area (Å²) in [6, 6.07) is 4.35. The molecule has 1 aromatic carbocycles. The largest absolute Gasteiger partial charge is 0.491 e. The van der Waals surface area contributed by atoms with E-state index in [0.717, 1.165) is 17.7 Å². The summed E-state index contributed by atoms with van der Waals surface area (Å²) in [5.41, 5.74) is 0.263. The monoisotopic (exact) mass is 676 g/mol. The smallest absolute Gasteiger partial charge is 0.146 e. The molecule has 0 amide bonds. The van der Waals surface area contributed by atoms with Gasteiger partial charge >= 0.3 is 0 Å². The van der Waals surface area contributed by atoms with E-state index in [9.17, 15) is 0 Å². The van der Waals surface area contributed by atoms with Crippen LogP contribution in [0, 0.1) is 16.1 Å². The summed E-state index contributed by atoms with van der Waals surface area (Å²) >= 11 is 10.8. The fourth-order valence-electron chi connectivity index (χ4n) is 2.39. The summed E-state index contributed by atoms with van der Waals surface area (Å²) in [5.74, 6) is 1.05. The molecule has 0 heterocycles. The number of ether oxygens (including phenoxy) is 1. The van der Waals surface area contributed by atoms with Gasteiger partial charge in [-0.2, -0.15) is 0 Å². The van der Waals surface area contributed by atoms with E-state index in [0.29, 0.717) is 0 Å². The highest BCUT2D eigenvalue weighted by molar-refractivity contribution is 14.1. The molecule has 1 aromatic rings. The molecule has 1 rings (SSSR count). The molecule has 114 valence electrons. The maximum atomic E-state index is 6.24.